The summed E-state index contributed by atoms with van der Waals surface area (Å²) in [6.45, 7) is 8.65. The molecule has 4 rings (SSSR count). The molecule has 29 heavy (non-hydrogen) atoms. The fourth-order valence-electron chi connectivity index (χ4n) is 3.93. The van der Waals surface area contributed by atoms with Gasteiger partial charge in [-0.25, -0.2) is 0 Å². The van der Waals surface area contributed by atoms with Gasteiger partial charge in [-0.15, -0.1) is 0 Å². The molecule has 0 spiro atoms. The molecule has 7 nitrogen and oxygen atoms in total. The van der Waals surface area contributed by atoms with Crippen LogP contribution >= 0.6 is 0 Å². The van der Waals surface area contributed by atoms with Crippen molar-refractivity contribution in [1.29, 1.82) is 0 Å². The summed E-state index contributed by atoms with van der Waals surface area (Å²) in [7, 11) is 0. The van der Waals surface area contributed by atoms with Crippen LogP contribution in [0.1, 0.15) is 30.9 Å². The summed E-state index contributed by atoms with van der Waals surface area (Å²) in [5.74, 6) is 2.19. The zero-order chi connectivity index (χ0) is 20.1. The van der Waals surface area contributed by atoms with Gasteiger partial charge in [-0.1, -0.05) is 12.1 Å². The van der Waals surface area contributed by atoms with Crippen molar-refractivity contribution < 1.29 is 9.53 Å². The van der Waals surface area contributed by atoms with E-state index in [0.29, 0.717) is 12.6 Å². The predicted octanol–water partition coefficient (Wildman–Crippen LogP) is 1.03. The Bertz CT molecular complexity index is 739. The molecule has 0 radical (unpaired) electrons. The first-order chi connectivity index (χ1) is 14.2. The molecule has 158 valence electrons. The molecule has 3 aliphatic rings. The molecule has 7 heteroatoms. The van der Waals surface area contributed by atoms with Gasteiger partial charge in [-0.3, -0.25) is 14.7 Å². The van der Waals surface area contributed by atoms with Gasteiger partial charge >= 0.3 is 0 Å². The van der Waals surface area contributed by atoms with Gasteiger partial charge in [-0.05, 0) is 43.4 Å². The maximum absolute atomic E-state index is 12.0. The zero-order valence-corrected chi connectivity index (χ0v) is 17.5. The van der Waals surface area contributed by atoms with Crippen LogP contribution in [0.2, 0.25) is 0 Å². The Labute approximate surface area is 173 Å². The zero-order valence-electron chi connectivity index (χ0n) is 17.5. The number of rotatable bonds is 7. The molecule has 1 saturated carbocycles. The van der Waals surface area contributed by atoms with E-state index >= 15 is 0 Å². The van der Waals surface area contributed by atoms with Gasteiger partial charge in [0.15, 0.2) is 5.96 Å². The minimum atomic E-state index is 0.168. The minimum Gasteiger partial charge on any atom is -0.493 e. The summed E-state index contributed by atoms with van der Waals surface area (Å²) in [5.41, 5.74) is 2.64. The smallest absolute Gasteiger partial charge is 0.234 e. The summed E-state index contributed by atoms with van der Waals surface area (Å²) in [5, 5.41) is 6.50. The number of amides is 1. The number of piperazine rings is 1. The van der Waals surface area contributed by atoms with E-state index in [9.17, 15) is 4.79 Å². The normalized spacial score (nSPS) is 19.6. The largest absolute Gasteiger partial charge is 0.493 e. The van der Waals surface area contributed by atoms with E-state index in [1.165, 1.54) is 11.1 Å². The number of aliphatic imine (C=N–C) groups is 1. The predicted molar refractivity (Wildman–Crippen MR) is 115 cm³/mol. The molecule has 1 saturated heterocycles. The molecule has 1 aliphatic carbocycles. The fourth-order valence-corrected chi connectivity index (χ4v) is 3.93. The number of hydrogen-bond acceptors (Lipinski definition) is 4. The van der Waals surface area contributed by atoms with Crippen molar-refractivity contribution in [3.05, 3.63) is 29.3 Å². The summed E-state index contributed by atoms with van der Waals surface area (Å²) in [6, 6.07) is 6.94. The number of carbonyl (C=O) groups excluding carboxylic acids is 1. The summed E-state index contributed by atoms with van der Waals surface area (Å²) in [4.78, 5) is 21.4. The second kappa shape index (κ2) is 9.48. The van der Waals surface area contributed by atoms with Crippen molar-refractivity contribution in [3.8, 4) is 5.75 Å². The first kappa shape index (κ1) is 20.0. The molecule has 1 amide bonds. The quantitative estimate of drug-likeness (QED) is 0.529. The minimum absolute atomic E-state index is 0.168. The van der Waals surface area contributed by atoms with Gasteiger partial charge in [-0.2, -0.15) is 0 Å². The van der Waals surface area contributed by atoms with E-state index in [4.69, 9.17) is 9.73 Å². The van der Waals surface area contributed by atoms with Gasteiger partial charge < -0.3 is 20.3 Å². The van der Waals surface area contributed by atoms with E-state index < -0.39 is 0 Å². The first-order valence-corrected chi connectivity index (χ1v) is 11.0. The van der Waals surface area contributed by atoms with Gasteiger partial charge in [0.05, 0.1) is 13.2 Å². The Morgan fingerprint density at radius 1 is 1.24 bits per heavy atom. The highest BCUT2D eigenvalue weighted by atomic mass is 16.5. The van der Waals surface area contributed by atoms with Crippen LogP contribution in [-0.4, -0.2) is 80.1 Å². The van der Waals surface area contributed by atoms with E-state index in [-0.39, 0.29) is 5.91 Å². The van der Waals surface area contributed by atoms with Gasteiger partial charge in [0.1, 0.15) is 5.75 Å². The lowest BCUT2D eigenvalue weighted by atomic mass is 10.1. The Kier molecular flexibility index (Phi) is 6.54. The number of fused-ring (bicyclic) bond motifs is 1. The van der Waals surface area contributed by atoms with Crippen LogP contribution in [0.4, 0.5) is 0 Å². The molecular formula is C22H33N5O2. The third-order valence-corrected chi connectivity index (χ3v) is 5.73. The number of ether oxygens (including phenoxy) is 1. The number of guanidine groups is 1. The second-order valence-electron chi connectivity index (χ2n) is 8.13. The van der Waals surface area contributed by atoms with E-state index in [2.05, 4.69) is 45.6 Å². The highest BCUT2D eigenvalue weighted by Crippen LogP contribution is 2.26. The van der Waals surface area contributed by atoms with Crippen molar-refractivity contribution in [2.75, 3.05) is 52.4 Å². The number of benzene rings is 1. The number of hydrogen-bond donors (Lipinski definition) is 2. The van der Waals surface area contributed by atoms with Crippen LogP contribution in [0.25, 0.3) is 0 Å². The van der Waals surface area contributed by atoms with Crippen LogP contribution in [0.5, 0.6) is 5.75 Å². The number of nitrogens with zero attached hydrogens (tertiary/aromatic N) is 3. The Balaban J connectivity index is 1.25. The number of nitrogens with one attached hydrogen (secondary N) is 2. The van der Waals surface area contributed by atoms with Crippen molar-refractivity contribution in [2.45, 2.75) is 38.6 Å². The van der Waals surface area contributed by atoms with Crippen molar-refractivity contribution in [1.82, 2.24) is 20.4 Å². The van der Waals surface area contributed by atoms with E-state index in [1.807, 2.05) is 0 Å². The molecule has 2 fully saturated rings. The summed E-state index contributed by atoms with van der Waals surface area (Å²) < 4.78 is 5.59. The highest BCUT2D eigenvalue weighted by Gasteiger charge is 2.25. The van der Waals surface area contributed by atoms with Crippen LogP contribution in [0.3, 0.4) is 0 Å². The molecule has 0 atom stereocenters. The van der Waals surface area contributed by atoms with Crippen LogP contribution in [0, 0.1) is 0 Å². The molecular weight excluding hydrogens is 366 g/mol. The standard InChI is InChI=1S/C22H33N5O2/c1-2-23-22(24-9-7-17-3-6-20-18(15-17)8-14-29-20)27-12-10-26(11-13-27)16-21(28)25-19-4-5-19/h3,6,15,19H,2,4-5,7-14,16H2,1H3,(H,23,24)(H,25,28). The SMILES string of the molecule is CCNC(=NCCc1ccc2c(c1)CCO2)N1CCN(CC(=O)NC2CC2)CC1. The molecule has 2 N–H and O–H groups in total. The van der Waals surface area contributed by atoms with Gasteiger partial charge in [0.25, 0.3) is 0 Å². The highest BCUT2D eigenvalue weighted by molar-refractivity contribution is 5.80. The van der Waals surface area contributed by atoms with Crippen molar-refractivity contribution in [2.24, 2.45) is 4.99 Å². The second-order valence-corrected chi connectivity index (χ2v) is 8.13. The third-order valence-electron chi connectivity index (χ3n) is 5.73. The van der Waals surface area contributed by atoms with Crippen molar-refractivity contribution >= 4 is 11.9 Å². The topological polar surface area (TPSA) is 69.2 Å². The molecule has 2 heterocycles. The average molecular weight is 400 g/mol. The summed E-state index contributed by atoms with van der Waals surface area (Å²) in [6.07, 6.45) is 4.23. The molecule has 0 bridgehead atoms. The van der Waals surface area contributed by atoms with E-state index in [1.54, 1.807) is 0 Å². The van der Waals surface area contributed by atoms with E-state index in [0.717, 1.165) is 83.3 Å². The first-order valence-electron chi connectivity index (χ1n) is 11.0. The van der Waals surface area contributed by atoms with Crippen LogP contribution < -0.4 is 15.4 Å². The maximum Gasteiger partial charge on any atom is 0.234 e. The summed E-state index contributed by atoms with van der Waals surface area (Å²) >= 11 is 0. The van der Waals surface area contributed by atoms with Crippen LogP contribution in [-0.2, 0) is 17.6 Å². The molecule has 0 unspecified atom stereocenters. The molecule has 0 aromatic heterocycles. The molecule has 1 aromatic rings. The monoisotopic (exact) mass is 399 g/mol. The Morgan fingerprint density at radius 2 is 2.07 bits per heavy atom. The lowest BCUT2D eigenvalue weighted by Gasteiger charge is -2.36. The lowest BCUT2D eigenvalue weighted by molar-refractivity contribution is -0.122. The fraction of sp³-hybridized carbons (Fsp3) is 0.636. The third kappa shape index (κ3) is 5.63. The molecule has 1 aromatic carbocycles. The number of carbonyl (C=O) groups is 1. The Morgan fingerprint density at radius 3 is 2.83 bits per heavy atom. The van der Waals surface area contributed by atoms with Crippen molar-refractivity contribution in [3.63, 3.8) is 0 Å². The lowest BCUT2D eigenvalue weighted by Crippen LogP contribution is -2.54. The maximum atomic E-state index is 12.0. The molecule has 2 aliphatic heterocycles. The van der Waals surface area contributed by atoms with Crippen LogP contribution in [0.15, 0.2) is 23.2 Å². The average Bonchev–Trinajstić information content (AvgIpc) is 3.40. The Hall–Kier alpha value is -2.28. The van der Waals surface area contributed by atoms with Gasteiger partial charge in [0, 0.05) is 51.7 Å². The van der Waals surface area contributed by atoms with Gasteiger partial charge in [0.2, 0.25) is 5.91 Å².